The van der Waals surface area contributed by atoms with Gasteiger partial charge >= 0.3 is 0 Å². The second-order valence-electron chi connectivity index (χ2n) is 6.15. The van der Waals surface area contributed by atoms with Crippen LogP contribution in [0.15, 0.2) is 41.3 Å². The van der Waals surface area contributed by atoms with Gasteiger partial charge in [-0.2, -0.15) is 0 Å². The van der Waals surface area contributed by atoms with Crippen LogP contribution < -0.4 is 0 Å². The highest BCUT2D eigenvalue weighted by atomic mass is 32.1. The van der Waals surface area contributed by atoms with Crippen molar-refractivity contribution in [2.24, 2.45) is 0 Å². The Hall–Kier alpha value is -2.20. The zero-order valence-electron chi connectivity index (χ0n) is 13.1. The lowest BCUT2D eigenvalue weighted by molar-refractivity contribution is 0.103. The molecule has 23 heavy (non-hydrogen) atoms. The summed E-state index contributed by atoms with van der Waals surface area (Å²) in [6, 6.07) is 5.88. The van der Waals surface area contributed by atoms with Crippen LogP contribution in [-0.2, 0) is 0 Å². The van der Waals surface area contributed by atoms with E-state index >= 15 is 0 Å². The van der Waals surface area contributed by atoms with Crippen LogP contribution >= 0.6 is 11.5 Å². The molecule has 1 fully saturated rings. The minimum Gasteiger partial charge on any atom is -0.472 e. The summed E-state index contributed by atoms with van der Waals surface area (Å²) in [7, 11) is 0. The fourth-order valence-electron chi connectivity index (χ4n) is 3.15. The van der Waals surface area contributed by atoms with E-state index in [1.165, 1.54) is 24.4 Å². The van der Waals surface area contributed by atoms with Crippen LogP contribution in [0.3, 0.4) is 0 Å². The van der Waals surface area contributed by atoms with Gasteiger partial charge in [0.15, 0.2) is 5.78 Å². The predicted molar refractivity (Wildman–Crippen MR) is 91.1 cm³/mol. The molecule has 0 saturated heterocycles. The van der Waals surface area contributed by atoms with Gasteiger partial charge in [0.25, 0.3) is 0 Å². The van der Waals surface area contributed by atoms with E-state index in [-0.39, 0.29) is 5.78 Å². The Morgan fingerprint density at radius 2 is 2.04 bits per heavy atom. The summed E-state index contributed by atoms with van der Waals surface area (Å²) in [5.41, 5.74) is 5.79. The first-order valence-electron chi connectivity index (χ1n) is 7.79. The number of furan rings is 1. The van der Waals surface area contributed by atoms with Crippen molar-refractivity contribution in [3.8, 4) is 11.1 Å². The topological polar surface area (TPSA) is 43.1 Å². The number of ketones is 1. The van der Waals surface area contributed by atoms with E-state index in [1.807, 2.05) is 25.1 Å². The molecule has 0 amide bonds. The molecule has 3 aromatic rings. The normalized spacial score (nSPS) is 14.2. The maximum Gasteiger partial charge on any atom is 0.196 e. The monoisotopic (exact) mass is 323 g/mol. The Balaban J connectivity index is 1.81. The SMILES string of the molecule is Cc1ccc(C(=O)c2cnsc2C2CC2)c(C)c1-c1ccoc1. The first-order valence-corrected chi connectivity index (χ1v) is 8.56. The molecule has 0 spiro atoms. The van der Waals surface area contributed by atoms with Crippen molar-refractivity contribution in [3.63, 3.8) is 0 Å². The van der Waals surface area contributed by atoms with Crippen molar-refractivity contribution >= 4 is 17.3 Å². The molecule has 4 rings (SSSR count). The molecule has 0 radical (unpaired) electrons. The van der Waals surface area contributed by atoms with E-state index in [0.717, 1.165) is 38.3 Å². The number of rotatable bonds is 4. The minimum absolute atomic E-state index is 0.0860. The quantitative estimate of drug-likeness (QED) is 0.625. The lowest BCUT2D eigenvalue weighted by Gasteiger charge is -2.12. The smallest absolute Gasteiger partial charge is 0.196 e. The summed E-state index contributed by atoms with van der Waals surface area (Å²) in [6.45, 7) is 4.07. The van der Waals surface area contributed by atoms with Crippen molar-refractivity contribution in [1.82, 2.24) is 4.37 Å². The van der Waals surface area contributed by atoms with Crippen LogP contribution in [0.1, 0.15) is 50.7 Å². The third-order valence-corrected chi connectivity index (χ3v) is 5.48. The highest BCUT2D eigenvalue weighted by Gasteiger charge is 2.31. The lowest BCUT2D eigenvalue weighted by Crippen LogP contribution is -2.06. The average molecular weight is 323 g/mol. The van der Waals surface area contributed by atoms with Gasteiger partial charge in [0, 0.05) is 16.0 Å². The van der Waals surface area contributed by atoms with Gasteiger partial charge in [-0.15, -0.1) is 0 Å². The molecule has 1 aromatic carbocycles. The third-order valence-electron chi connectivity index (χ3n) is 4.52. The second-order valence-corrected chi connectivity index (χ2v) is 6.98. The number of aryl methyl sites for hydroxylation is 1. The zero-order valence-corrected chi connectivity index (χ0v) is 13.9. The highest BCUT2D eigenvalue weighted by Crippen LogP contribution is 2.44. The number of aromatic nitrogens is 1. The Labute approximate surface area is 139 Å². The van der Waals surface area contributed by atoms with Crippen molar-refractivity contribution in [3.05, 3.63) is 64.1 Å². The molecule has 2 heterocycles. The minimum atomic E-state index is 0.0860. The van der Waals surface area contributed by atoms with E-state index in [9.17, 15) is 4.79 Å². The first kappa shape index (κ1) is 14.4. The van der Waals surface area contributed by atoms with Gasteiger partial charge in [0.05, 0.1) is 24.3 Å². The molecule has 3 nitrogen and oxygen atoms in total. The van der Waals surface area contributed by atoms with Crippen LogP contribution in [0.4, 0.5) is 0 Å². The number of carbonyl (C=O) groups is 1. The molecule has 4 heteroatoms. The zero-order chi connectivity index (χ0) is 16.0. The lowest BCUT2D eigenvalue weighted by atomic mass is 9.90. The summed E-state index contributed by atoms with van der Waals surface area (Å²) in [5, 5.41) is 0. The fourth-order valence-corrected chi connectivity index (χ4v) is 4.05. The number of hydrogen-bond acceptors (Lipinski definition) is 4. The van der Waals surface area contributed by atoms with Gasteiger partial charge in [0.2, 0.25) is 0 Å². The molecular weight excluding hydrogens is 306 g/mol. The molecule has 0 N–H and O–H groups in total. The van der Waals surface area contributed by atoms with Gasteiger partial charge in [-0.1, -0.05) is 12.1 Å². The van der Waals surface area contributed by atoms with Crippen molar-refractivity contribution in [2.75, 3.05) is 0 Å². The predicted octanol–water partition coefficient (Wildman–Crippen LogP) is 5.13. The summed E-state index contributed by atoms with van der Waals surface area (Å²) in [4.78, 5) is 14.2. The Bertz CT molecular complexity index is 873. The van der Waals surface area contributed by atoms with E-state index in [2.05, 4.69) is 11.3 Å². The van der Waals surface area contributed by atoms with E-state index in [4.69, 9.17) is 4.42 Å². The molecule has 1 aliphatic carbocycles. The van der Waals surface area contributed by atoms with Crippen molar-refractivity contribution < 1.29 is 9.21 Å². The van der Waals surface area contributed by atoms with Crippen LogP contribution in [0.2, 0.25) is 0 Å². The maximum atomic E-state index is 13.1. The number of benzene rings is 1. The largest absolute Gasteiger partial charge is 0.472 e. The molecule has 116 valence electrons. The van der Waals surface area contributed by atoms with E-state index < -0.39 is 0 Å². The number of carbonyl (C=O) groups excluding carboxylic acids is 1. The molecule has 0 aliphatic heterocycles. The summed E-state index contributed by atoms with van der Waals surface area (Å²) < 4.78 is 9.47. The Morgan fingerprint density at radius 1 is 1.22 bits per heavy atom. The summed E-state index contributed by atoms with van der Waals surface area (Å²) >= 11 is 1.47. The van der Waals surface area contributed by atoms with Gasteiger partial charge in [-0.3, -0.25) is 4.79 Å². The number of hydrogen-bond donors (Lipinski definition) is 0. The van der Waals surface area contributed by atoms with Gasteiger partial charge < -0.3 is 4.42 Å². The first-order chi connectivity index (χ1) is 11.2. The fraction of sp³-hybridized carbons (Fsp3) is 0.263. The maximum absolute atomic E-state index is 13.1. The molecule has 2 aromatic heterocycles. The molecular formula is C19H17NO2S. The van der Waals surface area contributed by atoms with E-state index in [1.54, 1.807) is 18.7 Å². The van der Waals surface area contributed by atoms with Crippen molar-refractivity contribution in [2.45, 2.75) is 32.6 Å². The average Bonchev–Trinajstić information content (AvgIpc) is 3.04. The standard InChI is InChI=1S/C19H17NO2S/c1-11-3-6-15(12(2)17(11)14-7-8-22-10-14)18(21)16-9-20-23-19(16)13-4-5-13/h3,6-10,13H,4-5H2,1-2H3. The molecule has 1 saturated carbocycles. The number of nitrogens with zero attached hydrogens (tertiary/aromatic N) is 1. The molecule has 0 atom stereocenters. The second kappa shape index (κ2) is 5.46. The highest BCUT2D eigenvalue weighted by molar-refractivity contribution is 7.06. The third kappa shape index (κ3) is 2.43. The van der Waals surface area contributed by atoms with Gasteiger partial charge in [0.1, 0.15) is 0 Å². The summed E-state index contributed by atoms with van der Waals surface area (Å²) in [5.74, 6) is 0.628. The van der Waals surface area contributed by atoms with E-state index in [0.29, 0.717) is 5.92 Å². The van der Waals surface area contributed by atoms with Crippen LogP contribution in [0.5, 0.6) is 0 Å². The van der Waals surface area contributed by atoms with Crippen LogP contribution in [0.25, 0.3) is 11.1 Å². The Kier molecular flexibility index (Phi) is 3.42. The molecule has 0 unspecified atom stereocenters. The molecule has 0 bridgehead atoms. The van der Waals surface area contributed by atoms with Gasteiger partial charge in [-0.05, 0) is 66.9 Å². The molecule has 1 aliphatic rings. The van der Waals surface area contributed by atoms with Crippen LogP contribution in [0, 0.1) is 13.8 Å². The van der Waals surface area contributed by atoms with Gasteiger partial charge in [-0.25, -0.2) is 4.37 Å². The Morgan fingerprint density at radius 3 is 2.74 bits per heavy atom. The van der Waals surface area contributed by atoms with Crippen LogP contribution in [-0.4, -0.2) is 10.2 Å². The summed E-state index contributed by atoms with van der Waals surface area (Å²) in [6.07, 6.45) is 7.48. The van der Waals surface area contributed by atoms with Crippen molar-refractivity contribution in [1.29, 1.82) is 0 Å².